The van der Waals surface area contributed by atoms with E-state index in [9.17, 15) is 0 Å². The summed E-state index contributed by atoms with van der Waals surface area (Å²) >= 11 is 0. The molecule has 1 fully saturated rings. The second kappa shape index (κ2) is 2.84. The van der Waals surface area contributed by atoms with Gasteiger partial charge in [0.1, 0.15) is 0 Å². The van der Waals surface area contributed by atoms with E-state index in [0.29, 0.717) is 11.3 Å². The maximum atomic E-state index is 4.46. The zero-order valence-electron chi connectivity index (χ0n) is 8.54. The van der Waals surface area contributed by atoms with Crippen LogP contribution in [0.3, 0.4) is 0 Å². The van der Waals surface area contributed by atoms with Crippen LogP contribution in [0.4, 0.5) is 0 Å². The first-order valence-electron chi connectivity index (χ1n) is 4.80. The van der Waals surface area contributed by atoms with Crippen molar-refractivity contribution in [2.45, 2.75) is 19.8 Å². The van der Waals surface area contributed by atoms with Crippen molar-refractivity contribution in [1.29, 1.82) is 0 Å². The molecule has 0 aliphatic carbocycles. The van der Waals surface area contributed by atoms with Crippen molar-refractivity contribution in [3.63, 3.8) is 0 Å². The van der Waals surface area contributed by atoms with E-state index in [0.717, 1.165) is 13.1 Å². The summed E-state index contributed by atoms with van der Waals surface area (Å²) in [7, 11) is 1.97. The van der Waals surface area contributed by atoms with Gasteiger partial charge < -0.3 is 5.32 Å². The second-order valence-corrected chi connectivity index (χ2v) is 4.59. The molecule has 0 bridgehead atoms. The van der Waals surface area contributed by atoms with Crippen molar-refractivity contribution in [2.24, 2.45) is 12.5 Å². The average Bonchev–Trinajstić information content (AvgIpc) is 2.56. The maximum absolute atomic E-state index is 4.46. The van der Waals surface area contributed by atoms with Crippen LogP contribution in [0.2, 0.25) is 0 Å². The molecule has 0 saturated carbocycles. The standard InChI is InChI=1S/C10H17N3/c1-10(2)7-11-6-8(10)9-4-5-13(3)12-9/h4-5,8,11H,6-7H2,1-3H3. The molecule has 0 spiro atoms. The molecule has 1 aromatic rings. The third-order valence-corrected chi connectivity index (χ3v) is 2.96. The molecule has 0 radical (unpaired) electrons. The lowest BCUT2D eigenvalue weighted by molar-refractivity contribution is 0.356. The molecule has 2 rings (SSSR count). The van der Waals surface area contributed by atoms with E-state index >= 15 is 0 Å². The normalized spacial score (nSPS) is 26.5. The molecule has 3 heteroatoms. The maximum Gasteiger partial charge on any atom is 0.0673 e. The summed E-state index contributed by atoms with van der Waals surface area (Å²) in [6.45, 7) is 6.75. The molecule has 1 aliphatic heterocycles. The highest BCUT2D eigenvalue weighted by Gasteiger charge is 2.36. The second-order valence-electron chi connectivity index (χ2n) is 4.59. The van der Waals surface area contributed by atoms with E-state index in [1.807, 2.05) is 17.9 Å². The van der Waals surface area contributed by atoms with Gasteiger partial charge in [-0.1, -0.05) is 13.8 Å². The highest BCUT2D eigenvalue weighted by atomic mass is 15.3. The summed E-state index contributed by atoms with van der Waals surface area (Å²) in [4.78, 5) is 0. The molecule has 1 aliphatic rings. The lowest BCUT2D eigenvalue weighted by Crippen LogP contribution is -2.21. The number of nitrogens with zero attached hydrogens (tertiary/aromatic N) is 2. The fraction of sp³-hybridized carbons (Fsp3) is 0.700. The molecule has 0 amide bonds. The summed E-state index contributed by atoms with van der Waals surface area (Å²) in [6.07, 6.45) is 2.02. The van der Waals surface area contributed by atoms with Crippen molar-refractivity contribution in [3.8, 4) is 0 Å². The van der Waals surface area contributed by atoms with Crippen molar-refractivity contribution in [3.05, 3.63) is 18.0 Å². The Labute approximate surface area is 79.1 Å². The molecule has 1 saturated heterocycles. The zero-order chi connectivity index (χ0) is 9.47. The Hall–Kier alpha value is -0.830. The number of hydrogen-bond acceptors (Lipinski definition) is 2. The Kier molecular flexibility index (Phi) is 1.91. The minimum Gasteiger partial charge on any atom is -0.315 e. The van der Waals surface area contributed by atoms with Crippen LogP contribution in [-0.4, -0.2) is 22.9 Å². The largest absolute Gasteiger partial charge is 0.315 e. The first-order chi connectivity index (χ1) is 6.09. The predicted molar refractivity (Wildman–Crippen MR) is 52.6 cm³/mol. The van der Waals surface area contributed by atoms with Crippen LogP contribution in [0.25, 0.3) is 0 Å². The predicted octanol–water partition coefficient (Wildman–Crippen LogP) is 1.13. The molecule has 1 aromatic heterocycles. The van der Waals surface area contributed by atoms with Crippen LogP contribution >= 0.6 is 0 Å². The summed E-state index contributed by atoms with van der Waals surface area (Å²) in [5.74, 6) is 0.564. The number of hydrogen-bond donors (Lipinski definition) is 1. The Balaban J connectivity index is 2.26. The topological polar surface area (TPSA) is 29.9 Å². The first-order valence-corrected chi connectivity index (χ1v) is 4.80. The van der Waals surface area contributed by atoms with Gasteiger partial charge in [0, 0.05) is 32.3 Å². The number of rotatable bonds is 1. The van der Waals surface area contributed by atoms with Gasteiger partial charge in [-0.2, -0.15) is 5.10 Å². The van der Waals surface area contributed by atoms with E-state index in [4.69, 9.17) is 0 Å². The molecule has 0 aromatic carbocycles. The van der Waals surface area contributed by atoms with Gasteiger partial charge >= 0.3 is 0 Å². The fourth-order valence-corrected chi connectivity index (χ4v) is 2.06. The van der Waals surface area contributed by atoms with E-state index in [1.54, 1.807) is 0 Å². The van der Waals surface area contributed by atoms with E-state index < -0.39 is 0 Å². The Bertz CT molecular complexity index is 301. The minimum atomic E-state index is 0.342. The van der Waals surface area contributed by atoms with Crippen LogP contribution in [-0.2, 0) is 7.05 Å². The molecular weight excluding hydrogens is 162 g/mol. The van der Waals surface area contributed by atoms with Crippen LogP contribution in [0.1, 0.15) is 25.5 Å². The highest BCUT2D eigenvalue weighted by molar-refractivity contribution is 5.14. The lowest BCUT2D eigenvalue weighted by atomic mass is 9.80. The van der Waals surface area contributed by atoms with E-state index in [-0.39, 0.29) is 0 Å². The monoisotopic (exact) mass is 179 g/mol. The Morgan fingerprint density at radius 1 is 1.62 bits per heavy atom. The molecular formula is C10H17N3. The Morgan fingerprint density at radius 3 is 2.85 bits per heavy atom. The summed E-state index contributed by atoms with van der Waals surface area (Å²) in [5.41, 5.74) is 1.56. The summed E-state index contributed by atoms with van der Waals surface area (Å²) in [5, 5.41) is 7.89. The van der Waals surface area contributed by atoms with Crippen LogP contribution in [0, 0.1) is 5.41 Å². The van der Waals surface area contributed by atoms with Crippen molar-refractivity contribution < 1.29 is 0 Å². The number of nitrogens with one attached hydrogen (secondary N) is 1. The van der Waals surface area contributed by atoms with Crippen molar-refractivity contribution in [2.75, 3.05) is 13.1 Å². The van der Waals surface area contributed by atoms with Crippen molar-refractivity contribution >= 4 is 0 Å². The highest BCUT2D eigenvalue weighted by Crippen LogP contribution is 2.37. The Morgan fingerprint density at radius 2 is 2.38 bits per heavy atom. The molecule has 1 atom stereocenters. The molecule has 1 N–H and O–H groups in total. The zero-order valence-corrected chi connectivity index (χ0v) is 8.54. The van der Waals surface area contributed by atoms with E-state index in [1.165, 1.54) is 5.69 Å². The summed E-state index contributed by atoms with van der Waals surface area (Å²) in [6, 6.07) is 2.12. The van der Waals surface area contributed by atoms with Crippen LogP contribution in [0.5, 0.6) is 0 Å². The molecule has 1 unspecified atom stereocenters. The number of aryl methyl sites for hydroxylation is 1. The first kappa shape index (κ1) is 8.75. The van der Waals surface area contributed by atoms with Crippen molar-refractivity contribution in [1.82, 2.24) is 15.1 Å². The quantitative estimate of drug-likeness (QED) is 0.700. The minimum absolute atomic E-state index is 0.342. The van der Waals surface area contributed by atoms with Gasteiger partial charge in [-0.25, -0.2) is 0 Å². The van der Waals surface area contributed by atoms with Crippen LogP contribution in [0.15, 0.2) is 12.3 Å². The third-order valence-electron chi connectivity index (χ3n) is 2.96. The summed E-state index contributed by atoms with van der Waals surface area (Å²) < 4.78 is 1.88. The van der Waals surface area contributed by atoms with Gasteiger partial charge in [-0.15, -0.1) is 0 Å². The van der Waals surface area contributed by atoms with E-state index in [2.05, 4.69) is 30.3 Å². The van der Waals surface area contributed by atoms with Gasteiger partial charge in [0.25, 0.3) is 0 Å². The van der Waals surface area contributed by atoms with Gasteiger partial charge in [0.15, 0.2) is 0 Å². The van der Waals surface area contributed by atoms with Gasteiger partial charge in [0.05, 0.1) is 5.69 Å². The van der Waals surface area contributed by atoms with Gasteiger partial charge in [0.2, 0.25) is 0 Å². The lowest BCUT2D eigenvalue weighted by Gasteiger charge is -2.23. The average molecular weight is 179 g/mol. The molecule has 3 nitrogen and oxygen atoms in total. The molecule has 13 heavy (non-hydrogen) atoms. The molecule has 72 valence electrons. The smallest absolute Gasteiger partial charge is 0.0673 e. The van der Waals surface area contributed by atoms with Crippen LogP contribution < -0.4 is 5.32 Å². The molecule has 2 heterocycles. The number of aromatic nitrogens is 2. The SMILES string of the molecule is Cn1ccc(C2CNCC2(C)C)n1. The van der Waals surface area contributed by atoms with Gasteiger partial charge in [-0.3, -0.25) is 4.68 Å². The third kappa shape index (κ3) is 1.48. The fourth-order valence-electron chi connectivity index (χ4n) is 2.06. The van der Waals surface area contributed by atoms with Gasteiger partial charge in [-0.05, 0) is 11.5 Å².